The highest BCUT2D eigenvalue weighted by molar-refractivity contribution is 8.00. The Morgan fingerprint density at radius 1 is 1.36 bits per heavy atom. The molecule has 0 bridgehead atoms. The van der Waals surface area contributed by atoms with Crippen molar-refractivity contribution in [2.24, 2.45) is 5.14 Å². The van der Waals surface area contributed by atoms with Crippen LogP contribution < -0.4 is 5.14 Å². The molecule has 1 aliphatic carbocycles. The molecule has 0 amide bonds. The van der Waals surface area contributed by atoms with E-state index >= 15 is 0 Å². The SMILES string of the molecule is CCCCn1c(SC2CCCCC2=O)nc2cc(S(N)(=O)=O)ccc21. The lowest BCUT2D eigenvalue weighted by Gasteiger charge is -2.19. The molecule has 2 N–H and O–H groups in total. The highest BCUT2D eigenvalue weighted by Gasteiger charge is 2.26. The molecule has 2 aromatic rings. The number of thioether (sulfide) groups is 1. The number of sulfonamides is 1. The molecule has 136 valence electrons. The van der Waals surface area contributed by atoms with Gasteiger partial charge in [0.05, 0.1) is 21.2 Å². The summed E-state index contributed by atoms with van der Waals surface area (Å²) >= 11 is 1.51. The molecule has 3 rings (SSSR count). The second kappa shape index (κ2) is 7.47. The number of Topliss-reactive ketones (excluding diaryl/α,β-unsaturated/α-hetero) is 1. The predicted octanol–water partition coefficient (Wildman–Crippen LogP) is 3.09. The maximum atomic E-state index is 12.2. The number of carbonyl (C=O) groups excluding carboxylic acids is 1. The Hall–Kier alpha value is -1.38. The van der Waals surface area contributed by atoms with Crippen LogP contribution in [0, 0.1) is 0 Å². The summed E-state index contributed by atoms with van der Waals surface area (Å²) < 4.78 is 25.3. The molecular formula is C17H23N3O3S2. The molecule has 1 atom stereocenters. The number of hydrogen-bond donors (Lipinski definition) is 1. The van der Waals surface area contributed by atoms with Gasteiger partial charge < -0.3 is 4.57 Å². The zero-order valence-electron chi connectivity index (χ0n) is 14.3. The summed E-state index contributed by atoms with van der Waals surface area (Å²) in [5, 5.41) is 5.96. The number of nitrogens with zero attached hydrogens (tertiary/aromatic N) is 2. The maximum Gasteiger partial charge on any atom is 0.238 e. The molecule has 0 aliphatic heterocycles. The van der Waals surface area contributed by atoms with E-state index in [1.165, 1.54) is 23.9 Å². The number of benzene rings is 1. The molecule has 0 radical (unpaired) electrons. The first-order valence-corrected chi connectivity index (χ1v) is 11.0. The normalized spacial score (nSPS) is 18.8. The molecule has 1 aliphatic rings. The average Bonchev–Trinajstić information content (AvgIpc) is 2.90. The van der Waals surface area contributed by atoms with Gasteiger partial charge in [-0.05, 0) is 37.5 Å². The van der Waals surface area contributed by atoms with Gasteiger partial charge in [-0.3, -0.25) is 4.79 Å². The number of imidazole rings is 1. The van der Waals surface area contributed by atoms with Crippen LogP contribution >= 0.6 is 11.8 Å². The minimum absolute atomic E-state index is 0.0522. The van der Waals surface area contributed by atoms with E-state index in [-0.39, 0.29) is 15.9 Å². The van der Waals surface area contributed by atoms with Crippen LogP contribution in [-0.2, 0) is 21.4 Å². The average molecular weight is 382 g/mol. The molecular weight excluding hydrogens is 358 g/mol. The molecule has 6 nitrogen and oxygen atoms in total. The van der Waals surface area contributed by atoms with E-state index in [1.807, 2.05) is 0 Å². The van der Waals surface area contributed by atoms with Gasteiger partial charge >= 0.3 is 0 Å². The number of primary sulfonamides is 1. The standard InChI is InChI=1S/C17H23N3O3S2/c1-2-3-10-20-14-9-8-12(25(18,22)23)11-13(14)19-17(20)24-16-7-5-4-6-15(16)21/h8-9,11,16H,2-7,10H2,1H3,(H2,18,22,23). The Kier molecular flexibility index (Phi) is 5.50. The fourth-order valence-electron chi connectivity index (χ4n) is 3.09. The molecule has 1 fully saturated rings. The van der Waals surface area contributed by atoms with Gasteiger partial charge in [-0.1, -0.05) is 31.5 Å². The third kappa shape index (κ3) is 4.07. The first-order chi connectivity index (χ1) is 11.9. The number of fused-ring (bicyclic) bond motifs is 1. The molecule has 0 spiro atoms. The summed E-state index contributed by atoms with van der Waals surface area (Å²) in [4.78, 5) is 16.9. The van der Waals surface area contributed by atoms with Crippen LogP contribution in [0.25, 0.3) is 11.0 Å². The minimum Gasteiger partial charge on any atom is -0.319 e. The molecule has 1 aromatic heterocycles. The van der Waals surface area contributed by atoms with Gasteiger partial charge in [-0.25, -0.2) is 18.5 Å². The van der Waals surface area contributed by atoms with E-state index in [4.69, 9.17) is 5.14 Å². The van der Waals surface area contributed by atoms with Crippen molar-refractivity contribution in [3.8, 4) is 0 Å². The van der Waals surface area contributed by atoms with Gasteiger partial charge in [0.1, 0.15) is 5.78 Å². The van der Waals surface area contributed by atoms with E-state index in [0.717, 1.165) is 49.3 Å². The zero-order chi connectivity index (χ0) is 18.0. The zero-order valence-corrected chi connectivity index (χ0v) is 15.9. The van der Waals surface area contributed by atoms with Crippen LogP contribution in [0.2, 0.25) is 0 Å². The van der Waals surface area contributed by atoms with Gasteiger partial charge in [0.15, 0.2) is 5.16 Å². The Bertz CT molecular complexity index is 890. The molecule has 1 aromatic carbocycles. The summed E-state index contributed by atoms with van der Waals surface area (Å²) in [5.74, 6) is 0.288. The summed E-state index contributed by atoms with van der Waals surface area (Å²) in [5.41, 5.74) is 1.49. The van der Waals surface area contributed by atoms with Crippen LogP contribution in [0.1, 0.15) is 45.4 Å². The summed E-state index contributed by atoms with van der Waals surface area (Å²) in [7, 11) is -3.76. The third-order valence-electron chi connectivity index (χ3n) is 4.49. The Labute approximate surface area is 152 Å². The summed E-state index contributed by atoms with van der Waals surface area (Å²) in [6.45, 7) is 2.92. The van der Waals surface area contributed by atoms with E-state index in [1.54, 1.807) is 6.07 Å². The predicted molar refractivity (Wildman–Crippen MR) is 99.1 cm³/mol. The van der Waals surface area contributed by atoms with Crippen LogP contribution in [-0.4, -0.2) is 29.0 Å². The number of ketones is 1. The Morgan fingerprint density at radius 3 is 2.84 bits per heavy atom. The Morgan fingerprint density at radius 2 is 2.16 bits per heavy atom. The van der Waals surface area contributed by atoms with Crippen molar-refractivity contribution in [2.45, 2.75) is 67.3 Å². The topological polar surface area (TPSA) is 95.0 Å². The van der Waals surface area contributed by atoms with Crippen LogP contribution in [0.5, 0.6) is 0 Å². The lowest BCUT2D eigenvalue weighted by Crippen LogP contribution is -2.21. The number of aromatic nitrogens is 2. The molecule has 1 saturated carbocycles. The van der Waals surface area contributed by atoms with Gasteiger partial charge in [-0.15, -0.1) is 0 Å². The van der Waals surface area contributed by atoms with Crippen molar-refractivity contribution in [3.63, 3.8) is 0 Å². The number of hydrogen-bond acceptors (Lipinski definition) is 5. The second-order valence-corrected chi connectivity index (χ2v) is 9.14. The highest BCUT2D eigenvalue weighted by atomic mass is 32.2. The van der Waals surface area contributed by atoms with Crippen molar-refractivity contribution >= 4 is 38.6 Å². The minimum atomic E-state index is -3.76. The summed E-state index contributed by atoms with van der Waals surface area (Å²) in [6.07, 6.45) is 5.59. The van der Waals surface area contributed by atoms with E-state index < -0.39 is 10.0 Å². The Balaban J connectivity index is 2.01. The van der Waals surface area contributed by atoms with Gasteiger partial charge in [0.2, 0.25) is 10.0 Å². The largest absolute Gasteiger partial charge is 0.319 e. The smallest absolute Gasteiger partial charge is 0.238 e. The van der Waals surface area contributed by atoms with Crippen molar-refractivity contribution < 1.29 is 13.2 Å². The van der Waals surface area contributed by atoms with Gasteiger partial charge in [-0.2, -0.15) is 0 Å². The highest BCUT2D eigenvalue weighted by Crippen LogP contribution is 2.34. The van der Waals surface area contributed by atoms with Crippen LogP contribution in [0.3, 0.4) is 0 Å². The second-order valence-electron chi connectivity index (χ2n) is 6.41. The van der Waals surface area contributed by atoms with Crippen molar-refractivity contribution in [1.29, 1.82) is 0 Å². The molecule has 1 heterocycles. The van der Waals surface area contributed by atoms with Crippen LogP contribution in [0.4, 0.5) is 0 Å². The van der Waals surface area contributed by atoms with Crippen molar-refractivity contribution in [2.75, 3.05) is 0 Å². The molecule has 1 unspecified atom stereocenters. The monoisotopic (exact) mass is 381 g/mol. The molecule has 25 heavy (non-hydrogen) atoms. The first kappa shape index (κ1) is 18.4. The third-order valence-corrected chi connectivity index (χ3v) is 6.71. The number of nitrogens with two attached hydrogens (primary N) is 1. The van der Waals surface area contributed by atoms with Gasteiger partial charge in [0, 0.05) is 13.0 Å². The van der Waals surface area contributed by atoms with Crippen molar-refractivity contribution in [1.82, 2.24) is 9.55 Å². The fraction of sp³-hybridized carbons (Fsp3) is 0.529. The van der Waals surface area contributed by atoms with E-state index in [0.29, 0.717) is 11.9 Å². The maximum absolute atomic E-state index is 12.2. The van der Waals surface area contributed by atoms with Gasteiger partial charge in [0.25, 0.3) is 0 Å². The quantitative estimate of drug-likeness (QED) is 0.829. The lowest BCUT2D eigenvalue weighted by atomic mass is 9.99. The number of unbranched alkanes of at least 4 members (excludes halogenated alkanes) is 1. The number of carbonyl (C=O) groups is 1. The molecule has 0 saturated heterocycles. The van der Waals surface area contributed by atoms with Crippen LogP contribution in [0.15, 0.2) is 28.3 Å². The summed E-state index contributed by atoms with van der Waals surface area (Å²) in [6, 6.07) is 4.78. The number of rotatable bonds is 6. The lowest BCUT2D eigenvalue weighted by molar-refractivity contribution is -0.119. The molecule has 8 heteroatoms. The first-order valence-electron chi connectivity index (χ1n) is 8.62. The fourth-order valence-corrected chi connectivity index (χ4v) is 4.88. The van der Waals surface area contributed by atoms with Crippen molar-refractivity contribution in [3.05, 3.63) is 18.2 Å². The number of aryl methyl sites for hydroxylation is 1. The van der Waals surface area contributed by atoms with E-state index in [9.17, 15) is 13.2 Å². The van der Waals surface area contributed by atoms with E-state index in [2.05, 4.69) is 16.5 Å².